The van der Waals surface area contributed by atoms with Crippen molar-refractivity contribution in [1.82, 2.24) is 14.5 Å². The summed E-state index contributed by atoms with van der Waals surface area (Å²) in [5.41, 5.74) is 10.7. The number of aryl methyl sites for hydroxylation is 1. The third-order valence-electron chi connectivity index (χ3n) is 5.52. The molecule has 0 saturated heterocycles. The molecule has 0 fully saturated rings. The number of nitrogen functional groups attached to an aromatic ring is 1. The van der Waals surface area contributed by atoms with Crippen LogP contribution in [0.3, 0.4) is 0 Å². The van der Waals surface area contributed by atoms with E-state index in [-0.39, 0.29) is 4.90 Å². The van der Waals surface area contributed by atoms with E-state index in [0.717, 1.165) is 23.9 Å². The van der Waals surface area contributed by atoms with E-state index in [4.69, 9.17) is 5.73 Å². The fourth-order valence-corrected chi connectivity index (χ4v) is 4.08. The number of hydrogen-bond donors (Lipinski definition) is 2. The molecule has 0 atom stereocenters. The van der Waals surface area contributed by atoms with Gasteiger partial charge in [-0.2, -0.15) is 13.2 Å². The first-order valence-electron chi connectivity index (χ1n) is 10.8. The van der Waals surface area contributed by atoms with Gasteiger partial charge in [-0.15, -0.1) is 12.6 Å². The lowest BCUT2D eigenvalue weighted by atomic mass is 10.1. The third-order valence-corrected chi connectivity index (χ3v) is 5.91. The molecule has 2 N–H and O–H groups in total. The summed E-state index contributed by atoms with van der Waals surface area (Å²) in [6, 6.07) is 24.2. The molecule has 0 aliphatic carbocycles. The van der Waals surface area contributed by atoms with E-state index in [1.165, 1.54) is 40.4 Å². The number of rotatable bonds is 3. The van der Waals surface area contributed by atoms with E-state index < -0.39 is 11.7 Å². The number of para-hydroxylation sites is 1. The first-order chi connectivity index (χ1) is 16.7. The molecule has 0 aliphatic heterocycles. The van der Waals surface area contributed by atoms with Gasteiger partial charge in [-0.25, -0.2) is 4.98 Å². The van der Waals surface area contributed by atoms with Crippen LogP contribution in [0.25, 0.3) is 22.2 Å². The minimum atomic E-state index is -4.29. The van der Waals surface area contributed by atoms with Crippen LogP contribution < -0.4 is 5.73 Å². The lowest BCUT2D eigenvalue weighted by Crippen LogP contribution is -2.05. The minimum absolute atomic E-state index is 0.0417. The van der Waals surface area contributed by atoms with Gasteiger partial charge in [0.25, 0.3) is 0 Å². The van der Waals surface area contributed by atoms with Crippen LogP contribution in [0, 0.1) is 6.92 Å². The number of nitrogens with zero attached hydrogens (tertiary/aromatic N) is 3. The third kappa shape index (κ3) is 5.66. The predicted molar refractivity (Wildman–Crippen MR) is 136 cm³/mol. The van der Waals surface area contributed by atoms with Gasteiger partial charge in [0.1, 0.15) is 11.5 Å². The lowest BCUT2D eigenvalue weighted by Gasteiger charge is -2.10. The van der Waals surface area contributed by atoms with Crippen molar-refractivity contribution in [3.8, 4) is 11.3 Å². The number of hydrogen-bond acceptors (Lipinski definition) is 4. The van der Waals surface area contributed by atoms with Crippen molar-refractivity contribution in [3.63, 3.8) is 0 Å². The highest BCUT2D eigenvalue weighted by Gasteiger charge is 2.31. The monoisotopic (exact) mass is 492 g/mol. The smallest absolute Gasteiger partial charge is 0.382 e. The Labute approximate surface area is 206 Å². The molecular formula is C27H23F3N4S. The average Bonchev–Trinajstić information content (AvgIpc) is 3.15. The number of alkyl halides is 3. The van der Waals surface area contributed by atoms with E-state index in [9.17, 15) is 13.2 Å². The van der Waals surface area contributed by atoms with E-state index >= 15 is 0 Å². The van der Waals surface area contributed by atoms with E-state index in [1.54, 1.807) is 12.4 Å². The quantitative estimate of drug-likeness (QED) is 0.266. The van der Waals surface area contributed by atoms with Crippen LogP contribution in [0.5, 0.6) is 0 Å². The van der Waals surface area contributed by atoms with Crippen LogP contribution in [-0.2, 0) is 12.7 Å². The molecule has 5 aromatic rings. The Bertz CT molecular complexity index is 1440. The van der Waals surface area contributed by atoms with Crippen molar-refractivity contribution in [1.29, 1.82) is 0 Å². The number of thiol groups is 1. The van der Waals surface area contributed by atoms with Crippen molar-refractivity contribution in [3.05, 3.63) is 108 Å². The van der Waals surface area contributed by atoms with Gasteiger partial charge in [0, 0.05) is 40.6 Å². The van der Waals surface area contributed by atoms with Crippen LogP contribution in [0.1, 0.15) is 16.8 Å². The molecule has 0 radical (unpaired) electrons. The number of fused-ring (bicyclic) bond motifs is 1. The van der Waals surface area contributed by atoms with Gasteiger partial charge < -0.3 is 10.3 Å². The standard InChI is InChI=1S/C20H18N4.C7H5F3S/c1-14-12-17-4-2-3-5-18(17)24(14)13-15-6-8-16(9-7-15)19-20(21)23-11-10-22-19;8-7(9,10)5-3-1-2-4-6(5)11/h2-12H,13H2,1H3,(H2,21,23);1-4,11H. The topological polar surface area (TPSA) is 56.7 Å². The van der Waals surface area contributed by atoms with Gasteiger partial charge in [0.15, 0.2) is 0 Å². The molecule has 0 unspecified atom stereocenters. The minimum Gasteiger partial charge on any atom is -0.382 e. The van der Waals surface area contributed by atoms with Crippen molar-refractivity contribution in [2.75, 3.05) is 5.73 Å². The molecule has 2 aromatic heterocycles. The molecule has 0 saturated carbocycles. The average molecular weight is 493 g/mol. The maximum Gasteiger partial charge on any atom is 0.417 e. The Morgan fingerprint density at radius 2 is 1.54 bits per heavy atom. The zero-order valence-corrected chi connectivity index (χ0v) is 19.8. The highest BCUT2D eigenvalue weighted by molar-refractivity contribution is 7.80. The molecule has 0 bridgehead atoms. The summed E-state index contributed by atoms with van der Waals surface area (Å²) in [6.45, 7) is 2.99. The van der Waals surface area contributed by atoms with Crippen molar-refractivity contribution in [2.24, 2.45) is 0 Å². The summed E-state index contributed by atoms with van der Waals surface area (Å²) >= 11 is 3.67. The number of aromatic nitrogens is 3. The van der Waals surface area contributed by atoms with E-state index in [0.29, 0.717) is 5.82 Å². The molecule has 178 valence electrons. The van der Waals surface area contributed by atoms with Gasteiger partial charge in [-0.05, 0) is 42.1 Å². The van der Waals surface area contributed by atoms with E-state index in [1.807, 2.05) is 0 Å². The summed E-state index contributed by atoms with van der Waals surface area (Å²) in [6.07, 6.45) is -1.03. The zero-order valence-electron chi connectivity index (χ0n) is 18.9. The molecule has 0 amide bonds. The van der Waals surface area contributed by atoms with Crippen molar-refractivity contribution in [2.45, 2.75) is 24.5 Å². The van der Waals surface area contributed by atoms with E-state index in [2.05, 4.69) is 88.7 Å². The molecule has 4 nitrogen and oxygen atoms in total. The first kappa shape index (κ1) is 24.3. The Kier molecular flexibility index (Phi) is 7.12. The second-order valence-corrected chi connectivity index (χ2v) is 8.41. The predicted octanol–water partition coefficient (Wildman–Crippen LogP) is 7.03. The molecule has 8 heteroatoms. The molecule has 2 heterocycles. The first-order valence-corrected chi connectivity index (χ1v) is 11.2. The van der Waals surface area contributed by atoms with Crippen LogP contribution in [0.15, 0.2) is 96.2 Å². The SMILES string of the molecule is Cc1cc2ccccc2n1Cc1ccc(-c2nccnc2N)cc1.FC(F)(F)c1ccccc1S. The largest absolute Gasteiger partial charge is 0.417 e. The molecule has 3 aromatic carbocycles. The Morgan fingerprint density at radius 1 is 0.886 bits per heavy atom. The maximum absolute atomic E-state index is 12.0. The fraction of sp³-hybridized carbons (Fsp3) is 0.111. The highest BCUT2D eigenvalue weighted by atomic mass is 32.1. The summed E-state index contributed by atoms with van der Waals surface area (Å²) < 4.78 is 38.3. The summed E-state index contributed by atoms with van der Waals surface area (Å²) in [7, 11) is 0. The Morgan fingerprint density at radius 3 is 2.20 bits per heavy atom. The molecule has 5 rings (SSSR count). The number of nitrogens with two attached hydrogens (primary N) is 1. The van der Waals surface area contributed by atoms with Gasteiger partial charge in [0.05, 0.1) is 5.56 Å². The Balaban J connectivity index is 0.000000221. The zero-order chi connectivity index (χ0) is 25.0. The molecule has 0 aliphatic rings. The highest BCUT2D eigenvalue weighted by Crippen LogP contribution is 2.33. The second-order valence-electron chi connectivity index (χ2n) is 7.93. The molecule has 0 spiro atoms. The van der Waals surface area contributed by atoms with Crippen molar-refractivity contribution < 1.29 is 13.2 Å². The fourth-order valence-electron chi connectivity index (χ4n) is 3.79. The van der Waals surface area contributed by atoms with Gasteiger partial charge >= 0.3 is 6.18 Å². The van der Waals surface area contributed by atoms with Gasteiger partial charge in [0.2, 0.25) is 0 Å². The van der Waals surface area contributed by atoms with Gasteiger partial charge in [-0.3, -0.25) is 4.98 Å². The van der Waals surface area contributed by atoms with Crippen LogP contribution in [0.2, 0.25) is 0 Å². The van der Waals surface area contributed by atoms with Gasteiger partial charge in [-0.1, -0.05) is 54.6 Å². The summed E-state index contributed by atoms with van der Waals surface area (Å²) in [5.74, 6) is 0.456. The number of anilines is 1. The molecule has 35 heavy (non-hydrogen) atoms. The van der Waals surface area contributed by atoms with Crippen molar-refractivity contribution >= 4 is 29.3 Å². The second kappa shape index (κ2) is 10.2. The number of benzene rings is 3. The van der Waals surface area contributed by atoms with Crippen LogP contribution >= 0.6 is 12.6 Å². The number of halogens is 3. The Hall–Kier alpha value is -3.78. The summed E-state index contributed by atoms with van der Waals surface area (Å²) in [4.78, 5) is 8.37. The normalized spacial score (nSPS) is 11.2. The maximum atomic E-state index is 12.0. The van der Waals surface area contributed by atoms with Crippen LogP contribution in [-0.4, -0.2) is 14.5 Å². The summed E-state index contributed by atoms with van der Waals surface area (Å²) in [5, 5.41) is 1.28. The van der Waals surface area contributed by atoms with Crippen LogP contribution in [0.4, 0.5) is 19.0 Å². The molecular weight excluding hydrogens is 469 g/mol. The lowest BCUT2D eigenvalue weighted by molar-refractivity contribution is -0.139.